The third-order valence-electron chi connectivity index (χ3n) is 2.44. The SMILES string of the molecule is CCCCCCCCCC(C)[C]=O. The van der Waals surface area contributed by atoms with Crippen molar-refractivity contribution >= 4 is 6.29 Å². The minimum Gasteiger partial charge on any atom is -0.291 e. The Kier molecular flexibility index (Phi) is 9.51. The third-order valence-corrected chi connectivity index (χ3v) is 2.44. The molecule has 0 saturated heterocycles. The number of unbranched alkanes of at least 4 members (excludes halogenated alkanes) is 6. The van der Waals surface area contributed by atoms with Crippen LogP contribution in [0.1, 0.15) is 65.2 Å². The van der Waals surface area contributed by atoms with Crippen molar-refractivity contribution in [1.29, 1.82) is 0 Å². The quantitative estimate of drug-likeness (QED) is 0.496. The van der Waals surface area contributed by atoms with Crippen LogP contribution in [0, 0.1) is 5.92 Å². The van der Waals surface area contributed by atoms with E-state index in [0.717, 1.165) is 6.42 Å². The lowest BCUT2D eigenvalue weighted by molar-refractivity contribution is 0.500. The van der Waals surface area contributed by atoms with Crippen LogP contribution in [0.5, 0.6) is 0 Å². The molecule has 0 aromatic rings. The van der Waals surface area contributed by atoms with Gasteiger partial charge in [-0.25, -0.2) is 0 Å². The molecule has 1 atom stereocenters. The minimum absolute atomic E-state index is 0.149. The normalized spacial score (nSPS) is 12.8. The molecular weight excluding hydrogens is 160 g/mol. The van der Waals surface area contributed by atoms with Gasteiger partial charge in [0.25, 0.3) is 0 Å². The van der Waals surface area contributed by atoms with Crippen LogP contribution < -0.4 is 0 Å². The topological polar surface area (TPSA) is 17.1 Å². The van der Waals surface area contributed by atoms with Gasteiger partial charge in [0.2, 0.25) is 6.29 Å². The van der Waals surface area contributed by atoms with Crippen molar-refractivity contribution in [2.75, 3.05) is 0 Å². The molecule has 1 radical (unpaired) electrons. The number of hydrogen-bond acceptors (Lipinski definition) is 1. The molecule has 0 aromatic heterocycles. The lowest BCUT2D eigenvalue weighted by atomic mass is 10.0. The van der Waals surface area contributed by atoms with Crippen LogP contribution in [0.15, 0.2) is 0 Å². The van der Waals surface area contributed by atoms with E-state index < -0.39 is 0 Å². The first-order valence-electron chi connectivity index (χ1n) is 5.69. The summed E-state index contributed by atoms with van der Waals surface area (Å²) in [6, 6.07) is 0. The van der Waals surface area contributed by atoms with E-state index in [-0.39, 0.29) is 5.92 Å². The Hall–Kier alpha value is -0.330. The standard InChI is InChI=1S/C12H23O/c1-3-4-5-6-7-8-9-10-12(2)11-13/h12H,3-10H2,1-2H3. The van der Waals surface area contributed by atoms with Crippen LogP contribution in [0.25, 0.3) is 0 Å². The van der Waals surface area contributed by atoms with E-state index in [1.807, 2.05) is 13.2 Å². The predicted octanol–water partition coefficient (Wildman–Crippen LogP) is 3.87. The highest BCUT2D eigenvalue weighted by molar-refractivity contribution is 5.53. The fraction of sp³-hybridized carbons (Fsp3) is 0.917. The second-order valence-corrected chi connectivity index (χ2v) is 3.93. The van der Waals surface area contributed by atoms with Crippen LogP contribution in [-0.2, 0) is 4.79 Å². The molecule has 0 aliphatic heterocycles. The first-order valence-corrected chi connectivity index (χ1v) is 5.69. The van der Waals surface area contributed by atoms with Gasteiger partial charge in [-0.1, -0.05) is 58.8 Å². The van der Waals surface area contributed by atoms with E-state index in [1.54, 1.807) is 0 Å². The summed E-state index contributed by atoms with van der Waals surface area (Å²) in [6.07, 6.45) is 12.3. The van der Waals surface area contributed by atoms with Gasteiger partial charge in [-0.3, -0.25) is 4.79 Å². The van der Waals surface area contributed by atoms with Crippen molar-refractivity contribution < 1.29 is 4.79 Å². The zero-order chi connectivity index (χ0) is 9.94. The summed E-state index contributed by atoms with van der Waals surface area (Å²) in [4.78, 5) is 10.2. The van der Waals surface area contributed by atoms with E-state index >= 15 is 0 Å². The van der Waals surface area contributed by atoms with Gasteiger partial charge in [0.05, 0.1) is 0 Å². The largest absolute Gasteiger partial charge is 0.291 e. The summed E-state index contributed by atoms with van der Waals surface area (Å²) >= 11 is 0. The molecular formula is C12H23O. The smallest absolute Gasteiger partial charge is 0.201 e. The van der Waals surface area contributed by atoms with Crippen molar-refractivity contribution in [3.8, 4) is 0 Å². The highest BCUT2D eigenvalue weighted by Gasteiger charge is 1.99. The summed E-state index contributed by atoms with van der Waals surface area (Å²) in [6.45, 7) is 4.19. The van der Waals surface area contributed by atoms with Gasteiger partial charge in [-0.15, -0.1) is 0 Å². The summed E-state index contributed by atoms with van der Waals surface area (Å²) in [5, 5.41) is 0. The molecule has 1 unspecified atom stereocenters. The van der Waals surface area contributed by atoms with Crippen molar-refractivity contribution in [2.45, 2.75) is 65.2 Å². The first-order chi connectivity index (χ1) is 6.31. The Morgan fingerprint density at radius 1 is 1.00 bits per heavy atom. The Bertz CT molecular complexity index is 110. The molecule has 0 rings (SSSR count). The maximum atomic E-state index is 10.2. The first kappa shape index (κ1) is 12.7. The van der Waals surface area contributed by atoms with Crippen LogP contribution in [0.4, 0.5) is 0 Å². The van der Waals surface area contributed by atoms with Gasteiger partial charge in [0.1, 0.15) is 0 Å². The lowest BCUT2D eigenvalue weighted by Gasteiger charge is -2.02. The van der Waals surface area contributed by atoms with E-state index in [1.165, 1.54) is 44.9 Å². The zero-order valence-corrected chi connectivity index (χ0v) is 9.14. The van der Waals surface area contributed by atoms with Gasteiger partial charge < -0.3 is 0 Å². The van der Waals surface area contributed by atoms with Crippen molar-refractivity contribution in [1.82, 2.24) is 0 Å². The lowest BCUT2D eigenvalue weighted by Crippen LogP contribution is -1.94. The van der Waals surface area contributed by atoms with Gasteiger partial charge in [0, 0.05) is 5.92 Å². The summed E-state index contributed by atoms with van der Waals surface area (Å²) in [7, 11) is 0. The second kappa shape index (κ2) is 9.76. The molecule has 1 heteroatoms. The van der Waals surface area contributed by atoms with Crippen LogP contribution >= 0.6 is 0 Å². The molecule has 0 heterocycles. The Balaban J connectivity index is 2.95. The molecule has 0 N–H and O–H groups in total. The average molecular weight is 183 g/mol. The van der Waals surface area contributed by atoms with Gasteiger partial charge in [0.15, 0.2) is 0 Å². The summed E-state index contributed by atoms with van der Waals surface area (Å²) in [5.41, 5.74) is 0. The monoisotopic (exact) mass is 183 g/mol. The third kappa shape index (κ3) is 9.59. The molecule has 13 heavy (non-hydrogen) atoms. The summed E-state index contributed by atoms with van der Waals surface area (Å²) in [5.74, 6) is 0.149. The Morgan fingerprint density at radius 2 is 1.54 bits per heavy atom. The molecule has 77 valence electrons. The van der Waals surface area contributed by atoms with E-state index in [0.29, 0.717) is 0 Å². The maximum absolute atomic E-state index is 10.2. The van der Waals surface area contributed by atoms with Gasteiger partial charge in [-0.2, -0.15) is 0 Å². The molecule has 0 spiro atoms. The van der Waals surface area contributed by atoms with Gasteiger partial charge >= 0.3 is 0 Å². The van der Waals surface area contributed by atoms with Gasteiger partial charge in [-0.05, 0) is 6.42 Å². The number of rotatable bonds is 9. The van der Waals surface area contributed by atoms with Crippen LogP contribution in [-0.4, -0.2) is 6.29 Å². The van der Waals surface area contributed by atoms with E-state index in [9.17, 15) is 4.79 Å². The maximum Gasteiger partial charge on any atom is 0.201 e. The predicted molar refractivity (Wildman–Crippen MR) is 57.5 cm³/mol. The molecule has 0 aliphatic carbocycles. The average Bonchev–Trinajstić information content (AvgIpc) is 2.16. The fourth-order valence-corrected chi connectivity index (χ4v) is 1.47. The van der Waals surface area contributed by atoms with Crippen LogP contribution in [0.2, 0.25) is 0 Å². The Morgan fingerprint density at radius 3 is 2.08 bits per heavy atom. The van der Waals surface area contributed by atoms with Crippen molar-refractivity contribution in [3.63, 3.8) is 0 Å². The molecule has 1 nitrogen and oxygen atoms in total. The minimum atomic E-state index is 0.149. The summed E-state index contributed by atoms with van der Waals surface area (Å²) < 4.78 is 0. The molecule has 0 aliphatic rings. The van der Waals surface area contributed by atoms with E-state index in [4.69, 9.17) is 0 Å². The molecule has 0 bridgehead atoms. The number of carbonyl (C=O) groups excluding carboxylic acids is 1. The Labute approximate surface area is 82.9 Å². The molecule has 0 amide bonds. The van der Waals surface area contributed by atoms with E-state index in [2.05, 4.69) is 6.92 Å². The highest BCUT2D eigenvalue weighted by atomic mass is 16.1. The van der Waals surface area contributed by atoms with Crippen molar-refractivity contribution in [2.24, 2.45) is 5.92 Å². The second-order valence-electron chi connectivity index (χ2n) is 3.93. The zero-order valence-electron chi connectivity index (χ0n) is 9.14. The molecule has 0 fully saturated rings. The molecule has 0 aromatic carbocycles. The van der Waals surface area contributed by atoms with Crippen molar-refractivity contribution in [3.05, 3.63) is 0 Å². The highest BCUT2D eigenvalue weighted by Crippen LogP contribution is 2.11. The van der Waals surface area contributed by atoms with Crippen LogP contribution in [0.3, 0.4) is 0 Å². The molecule has 0 saturated carbocycles. The fourth-order valence-electron chi connectivity index (χ4n) is 1.47. The number of hydrogen-bond donors (Lipinski definition) is 0.